The van der Waals surface area contributed by atoms with Gasteiger partial charge in [-0.25, -0.2) is 0 Å². The van der Waals surface area contributed by atoms with E-state index >= 15 is 0 Å². The zero-order chi connectivity index (χ0) is 14.4. The van der Waals surface area contributed by atoms with Gasteiger partial charge in [-0.2, -0.15) is 0 Å². The lowest BCUT2D eigenvalue weighted by Gasteiger charge is -2.29. The summed E-state index contributed by atoms with van der Waals surface area (Å²) in [7, 11) is 0. The highest BCUT2D eigenvalue weighted by atomic mass is 79.9. The van der Waals surface area contributed by atoms with E-state index in [9.17, 15) is 4.79 Å². The number of ether oxygens (including phenoxy) is 1. The number of aryl methyl sites for hydroxylation is 1. The Balaban J connectivity index is 1.83. The number of carbonyl (C=O) groups excluding carboxylic acids is 1. The van der Waals surface area contributed by atoms with E-state index in [1.54, 1.807) is 0 Å². The summed E-state index contributed by atoms with van der Waals surface area (Å²) in [6, 6.07) is 16.4. The first-order chi connectivity index (χ1) is 10.2. The number of fused-ring (bicyclic) bond motifs is 3. The Labute approximate surface area is 132 Å². The molecular weight excluding hydrogens is 328 g/mol. The number of rotatable bonds is 1. The number of benzene rings is 2. The average molecular weight is 343 g/mol. The van der Waals surface area contributed by atoms with Crippen LogP contribution in [0.2, 0.25) is 0 Å². The second kappa shape index (κ2) is 4.99. The molecule has 3 heteroatoms. The SMILES string of the molecule is O=C1O[C@@H]2CCc3cc(Br)ccc3[C@@H]2[C@H]1c1ccccc1. The molecule has 2 aromatic carbocycles. The summed E-state index contributed by atoms with van der Waals surface area (Å²) in [5.41, 5.74) is 3.67. The molecule has 1 aliphatic heterocycles. The Morgan fingerprint density at radius 2 is 1.90 bits per heavy atom. The summed E-state index contributed by atoms with van der Waals surface area (Å²) in [4.78, 5) is 12.4. The van der Waals surface area contributed by atoms with Gasteiger partial charge in [0.15, 0.2) is 0 Å². The van der Waals surface area contributed by atoms with Gasteiger partial charge in [0.05, 0.1) is 5.92 Å². The molecule has 0 spiro atoms. The lowest BCUT2D eigenvalue weighted by Crippen LogP contribution is -2.24. The van der Waals surface area contributed by atoms with Crippen molar-refractivity contribution in [3.05, 3.63) is 69.7 Å². The zero-order valence-corrected chi connectivity index (χ0v) is 13.0. The Kier molecular flexibility index (Phi) is 3.11. The van der Waals surface area contributed by atoms with Crippen molar-refractivity contribution in [1.82, 2.24) is 0 Å². The van der Waals surface area contributed by atoms with Crippen molar-refractivity contribution in [3.63, 3.8) is 0 Å². The predicted molar refractivity (Wildman–Crippen MR) is 84.3 cm³/mol. The van der Waals surface area contributed by atoms with Gasteiger partial charge < -0.3 is 4.74 Å². The van der Waals surface area contributed by atoms with Crippen LogP contribution in [0.15, 0.2) is 53.0 Å². The maximum absolute atomic E-state index is 12.4. The van der Waals surface area contributed by atoms with Gasteiger partial charge in [-0.1, -0.05) is 52.3 Å². The van der Waals surface area contributed by atoms with E-state index in [-0.39, 0.29) is 23.9 Å². The topological polar surface area (TPSA) is 26.3 Å². The minimum atomic E-state index is -0.170. The molecule has 2 nitrogen and oxygen atoms in total. The second-order valence-electron chi connectivity index (χ2n) is 5.77. The maximum Gasteiger partial charge on any atom is 0.314 e. The molecule has 106 valence electrons. The maximum atomic E-state index is 12.4. The van der Waals surface area contributed by atoms with Crippen molar-refractivity contribution in [2.24, 2.45) is 0 Å². The van der Waals surface area contributed by atoms with Crippen LogP contribution in [0.3, 0.4) is 0 Å². The Hall–Kier alpha value is -1.61. The van der Waals surface area contributed by atoms with Gasteiger partial charge >= 0.3 is 5.97 Å². The quantitative estimate of drug-likeness (QED) is 0.726. The van der Waals surface area contributed by atoms with Gasteiger partial charge in [0.2, 0.25) is 0 Å². The molecular formula is C18H15BrO2. The highest BCUT2D eigenvalue weighted by Gasteiger charge is 2.48. The van der Waals surface area contributed by atoms with E-state index < -0.39 is 0 Å². The first-order valence-electron chi connectivity index (χ1n) is 7.28. The molecule has 3 atom stereocenters. The molecule has 0 saturated carbocycles. The number of esters is 1. The molecule has 2 aromatic rings. The minimum Gasteiger partial charge on any atom is -0.461 e. The fourth-order valence-corrected chi connectivity index (χ4v) is 4.10. The molecule has 0 aromatic heterocycles. The monoisotopic (exact) mass is 342 g/mol. The van der Waals surface area contributed by atoms with Crippen LogP contribution < -0.4 is 0 Å². The van der Waals surface area contributed by atoms with Crippen LogP contribution in [-0.4, -0.2) is 12.1 Å². The Morgan fingerprint density at radius 1 is 1.10 bits per heavy atom. The number of carbonyl (C=O) groups is 1. The number of halogens is 1. The molecule has 0 amide bonds. The van der Waals surface area contributed by atoms with E-state index in [2.05, 4.69) is 34.1 Å². The lowest BCUT2D eigenvalue weighted by atomic mass is 9.73. The molecule has 4 rings (SSSR count). The minimum absolute atomic E-state index is 0.0244. The van der Waals surface area contributed by atoms with Gasteiger partial charge in [-0.3, -0.25) is 4.79 Å². The third-order valence-electron chi connectivity index (χ3n) is 4.60. The van der Waals surface area contributed by atoms with Crippen molar-refractivity contribution < 1.29 is 9.53 Å². The fraction of sp³-hybridized carbons (Fsp3) is 0.278. The molecule has 1 aliphatic carbocycles. The molecule has 21 heavy (non-hydrogen) atoms. The van der Waals surface area contributed by atoms with Crippen molar-refractivity contribution in [3.8, 4) is 0 Å². The average Bonchev–Trinajstić information content (AvgIpc) is 2.84. The first-order valence-corrected chi connectivity index (χ1v) is 8.07. The summed E-state index contributed by atoms with van der Waals surface area (Å²) in [6.07, 6.45) is 1.92. The van der Waals surface area contributed by atoms with E-state index in [0.717, 1.165) is 22.9 Å². The summed E-state index contributed by atoms with van der Waals surface area (Å²) >= 11 is 3.54. The molecule has 0 N–H and O–H groups in total. The number of hydrogen-bond acceptors (Lipinski definition) is 2. The highest BCUT2D eigenvalue weighted by Crippen LogP contribution is 2.48. The summed E-state index contributed by atoms with van der Waals surface area (Å²) in [6.45, 7) is 0. The van der Waals surface area contributed by atoms with Crippen molar-refractivity contribution in [2.75, 3.05) is 0 Å². The zero-order valence-electron chi connectivity index (χ0n) is 11.5. The van der Waals surface area contributed by atoms with E-state index in [4.69, 9.17) is 4.74 Å². The van der Waals surface area contributed by atoms with Crippen LogP contribution in [0.5, 0.6) is 0 Å². The van der Waals surface area contributed by atoms with Gasteiger partial charge in [-0.05, 0) is 41.7 Å². The van der Waals surface area contributed by atoms with Crippen molar-refractivity contribution in [2.45, 2.75) is 30.8 Å². The molecule has 0 radical (unpaired) electrons. The molecule has 2 aliphatic rings. The third kappa shape index (κ3) is 2.11. The smallest absolute Gasteiger partial charge is 0.314 e. The lowest BCUT2D eigenvalue weighted by molar-refractivity contribution is -0.142. The van der Waals surface area contributed by atoms with Gasteiger partial charge in [0, 0.05) is 10.4 Å². The second-order valence-corrected chi connectivity index (χ2v) is 6.69. The molecule has 1 heterocycles. The van der Waals surface area contributed by atoms with Crippen LogP contribution in [-0.2, 0) is 16.0 Å². The number of hydrogen-bond donors (Lipinski definition) is 0. The standard InChI is InChI=1S/C18H15BrO2/c19-13-7-8-14-12(10-13)6-9-15-17(14)16(18(20)21-15)11-4-2-1-3-5-11/h1-5,7-8,10,15-17H,6,9H2/t15-,16-,17+/m1/s1. The first kappa shape index (κ1) is 13.1. The Morgan fingerprint density at radius 3 is 2.71 bits per heavy atom. The molecule has 0 bridgehead atoms. The van der Waals surface area contributed by atoms with Crippen LogP contribution in [0.4, 0.5) is 0 Å². The van der Waals surface area contributed by atoms with Gasteiger partial charge in [0.25, 0.3) is 0 Å². The van der Waals surface area contributed by atoms with E-state index in [1.807, 2.05) is 30.3 Å². The van der Waals surface area contributed by atoms with E-state index in [1.165, 1.54) is 11.1 Å². The van der Waals surface area contributed by atoms with Crippen LogP contribution in [0.1, 0.15) is 34.9 Å². The van der Waals surface area contributed by atoms with Crippen LogP contribution in [0, 0.1) is 0 Å². The Bertz CT molecular complexity index is 696. The summed E-state index contributed by atoms with van der Waals surface area (Å²) < 4.78 is 6.77. The van der Waals surface area contributed by atoms with Crippen molar-refractivity contribution in [1.29, 1.82) is 0 Å². The summed E-state index contributed by atoms with van der Waals surface area (Å²) in [5.74, 6) is -0.0971. The van der Waals surface area contributed by atoms with Crippen LogP contribution in [0.25, 0.3) is 0 Å². The third-order valence-corrected chi connectivity index (χ3v) is 5.10. The fourth-order valence-electron chi connectivity index (χ4n) is 3.69. The normalized spacial score (nSPS) is 26.9. The molecule has 1 saturated heterocycles. The van der Waals surface area contributed by atoms with Gasteiger partial charge in [-0.15, -0.1) is 0 Å². The van der Waals surface area contributed by atoms with E-state index in [0.29, 0.717) is 0 Å². The van der Waals surface area contributed by atoms with Crippen LogP contribution >= 0.6 is 15.9 Å². The molecule has 0 unspecified atom stereocenters. The highest BCUT2D eigenvalue weighted by molar-refractivity contribution is 9.10. The summed E-state index contributed by atoms with van der Waals surface area (Å²) in [5, 5.41) is 0. The molecule has 1 fully saturated rings. The van der Waals surface area contributed by atoms with Crippen molar-refractivity contribution >= 4 is 21.9 Å². The predicted octanol–water partition coefficient (Wildman–Crippen LogP) is 4.19. The van der Waals surface area contributed by atoms with Gasteiger partial charge in [0.1, 0.15) is 6.10 Å². The largest absolute Gasteiger partial charge is 0.461 e.